The lowest BCUT2D eigenvalue weighted by Crippen LogP contribution is -2.23. The van der Waals surface area contributed by atoms with Crippen molar-refractivity contribution < 1.29 is 14.3 Å². The summed E-state index contributed by atoms with van der Waals surface area (Å²) in [7, 11) is 0. The summed E-state index contributed by atoms with van der Waals surface area (Å²) < 4.78 is 12.8. The topological polar surface area (TPSA) is 52.8 Å². The Morgan fingerprint density at radius 3 is 2.26 bits per heavy atom. The number of hydrogen-bond donors (Lipinski definition) is 0. The second-order valence-electron chi connectivity index (χ2n) is 5.87. The molecule has 0 spiro atoms. The van der Waals surface area contributed by atoms with Crippen LogP contribution in [-0.2, 0) is 11.3 Å². The average Bonchev–Trinajstić information content (AvgIpc) is 2.70. The molecule has 0 fully saturated rings. The SMILES string of the molecule is CCOc1ccc(OCC(=O)N=c2ccccn2Cc2ccccc2)cc1. The van der Waals surface area contributed by atoms with Crippen molar-refractivity contribution in [1.82, 2.24) is 4.57 Å². The van der Waals surface area contributed by atoms with E-state index in [1.165, 1.54) is 0 Å². The van der Waals surface area contributed by atoms with Crippen molar-refractivity contribution in [2.75, 3.05) is 13.2 Å². The summed E-state index contributed by atoms with van der Waals surface area (Å²) in [5, 5.41) is 0. The monoisotopic (exact) mass is 362 g/mol. The van der Waals surface area contributed by atoms with E-state index in [9.17, 15) is 4.79 Å². The molecule has 27 heavy (non-hydrogen) atoms. The molecule has 3 aromatic rings. The van der Waals surface area contributed by atoms with Crippen LogP contribution in [-0.4, -0.2) is 23.7 Å². The van der Waals surface area contributed by atoms with Gasteiger partial charge < -0.3 is 14.0 Å². The Bertz CT molecular complexity index is 932. The molecular weight excluding hydrogens is 340 g/mol. The zero-order chi connectivity index (χ0) is 18.9. The van der Waals surface area contributed by atoms with Crippen molar-refractivity contribution in [3.05, 3.63) is 90.0 Å². The number of carbonyl (C=O) groups is 1. The molecule has 3 rings (SSSR count). The summed E-state index contributed by atoms with van der Waals surface area (Å²) in [5.74, 6) is 1.04. The zero-order valence-electron chi connectivity index (χ0n) is 15.2. The van der Waals surface area contributed by atoms with Gasteiger partial charge in [0.1, 0.15) is 17.0 Å². The van der Waals surface area contributed by atoms with E-state index in [0.717, 1.165) is 11.3 Å². The van der Waals surface area contributed by atoms with Gasteiger partial charge in [0.05, 0.1) is 6.61 Å². The number of aromatic nitrogens is 1. The highest BCUT2D eigenvalue weighted by Crippen LogP contribution is 2.17. The van der Waals surface area contributed by atoms with Crippen LogP contribution in [0, 0.1) is 0 Å². The molecule has 0 atom stereocenters. The number of pyridine rings is 1. The summed E-state index contributed by atoms with van der Waals surface area (Å²) >= 11 is 0. The van der Waals surface area contributed by atoms with Gasteiger partial charge in [-0.05, 0) is 48.9 Å². The van der Waals surface area contributed by atoms with E-state index in [1.807, 2.05) is 78.4 Å². The van der Waals surface area contributed by atoms with Crippen LogP contribution in [0.3, 0.4) is 0 Å². The first-order chi connectivity index (χ1) is 13.2. The van der Waals surface area contributed by atoms with Crippen molar-refractivity contribution in [3.8, 4) is 11.5 Å². The van der Waals surface area contributed by atoms with Crippen LogP contribution in [0.2, 0.25) is 0 Å². The lowest BCUT2D eigenvalue weighted by Gasteiger charge is -2.08. The fourth-order valence-electron chi connectivity index (χ4n) is 2.59. The summed E-state index contributed by atoms with van der Waals surface area (Å²) in [6.07, 6.45) is 1.91. The number of nitrogens with zero attached hydrogens (tertiary/aromatic N) is 2. The minimum atomic E-state index is -0.336. The standard InChI is InChI=1S/C22H22N2O3/c1-2-26-19-11-13-20(14-12-19)27-17-22(25)23-21-10-6-7-15-24(21)16-18-8-4-3-5-9-18/h3-15H,2,16-17H2,1H3. The number of benzene rings is 2. The van der Waals surface area contributed by atoms with Crippen LogP contribution in [0.25, 0.3) is 0 Å². The predicted octanol–water partition coefficient (Wildman–Crippen LogP) is 3.44. The quantitative estimate of drug-likeness (QED) is 0.647. The fraction of sp³-hybridized carbons (Fsp3) is 0.182. The molecule has 138 valence electrons. The molecule has 1 amide bonds. The van der Waals surface area contributed by atoms with E-state index >= 15 is 0 Å². The van der Waals surface area contributed by atoms with E-state index in [0.29, 0.717) is 24.4 Å². The molecule has 1 aromatic heterocycles. The first-order valence-electron chi connectivity index (χ1n) is 8.87. The number of ether oxygens (including phenoxy) is 2. The molecule has 0 saturated heterocycles. The molecule has 0 aliphatic heterocycles. The summed E-state index contributed by atoms with van der Waals surface area (Å²) in [5.41, 5.74) is 1.74. The van der Waals surface area contributed by atoms with Gasteiger partial charge in [-0.3, -0.25) is 4.79 Å². The van der Waals surface area contributed by atoms with Gasteiger partial charge in [0.15, 0.2) is 6.61 Å². The Balaban J connectivity index is 1.66. The molecular formula is C22H22N2O3. The lowest BCUT2D eigenvalue weighted by molar-refractivity contribution is -0.120. The van der Waals surface area contributed by atoms with Crippen LogP contribution < -0.4 is 15.0 Å². The van der Waals surface area contributed by atoms with Crippen LogP contribution in [0.4, 0.5) is 0 Å². The third-order valence-electron chi connectivity index (χ3n) is 3.85. The molecule has 0 aliphatic rings. The molecule has 0 saturated carbocycles. The Morgan fingerprint density at radius 1 is 0.889 bits per heavy atom. The third-order valence-corrected chi connectivity index (χ3v) is 3.85. The van der Waals surface area contributed by atoms with Gasteiger partial charge in [-0.2, -0.15) is 4.99 Å². The number of carbonyl (C=O) groups excluding carboxylic acids is 1. The average molecular weight is 362 g/mol. The van der Waals surface area contributed by atoms with Crippen molar-refractivity contribution in [1.29, 1.82) is 0 Å². The normalized spacial score (nSPS) is 11.2. The Morgan fingerprint density at radius 2 is 1.56 bits per heavy atom. The Hall–Kier alpha value is -3.34. The smallest absolute Gasteiger partial charge is 0.285 e. The zero-order valence-corrected chi connectivity index (χ0v) is 15.2. The van der Waals surface area contributed by atoms with Gasteiger partial charge in [-0.25, -0.2) is 0 Å². The molecule has 5 heteroatoms. The molecule has 0 N–H and O–H groups in total. The van der Waals surface area contributed by atoms with Crippen molar-refractivity contribution in [2.45, 2.75) is 13.5 Å². The van der Waals surface area contributed by atoms with Crippen LogP contribution in [0.15, 0.2) is 84.0 Å². The first-order valence-corrected chi connectivity index (χ1v) is 8.87. The number of amides is 1. The molecule has 0 unspecified atom stereocenters. The predicted molar refractivity (Wildman–Crippen MR) is 104 cm³/mol. The van der Waals surface area contributed by atoms with Gasteiger partial charge >= 0.3 is 0 Å². The van der Waals surface area contributed by atoms with E-state index in [1.54, 1.807) is 12.1 Å². The van der Waals surface area contributed by atoms with Gasteiger partial charge in [-0.1, -0.05) is 36.4 Å². The number of hydrogen-bond acceptors (Lipinski definition) is 3. The van der Waals surface area contributed by atoms with Crippen molar-refractivity contribution in [2.24, 2.45) is 4.99 Å². The third kappa shape index (κ3) is 5.57. The van der Waals surface area contributed by atoms with Crippen LogP contribution in [0.5, 0.6) is 11.5 Å². The molecule has 0 radical (unpaired) electrons. The fourth-order valence-corrected chi connectivity index (χ4v) is 2.59. The number of rotatable bonds is 7. The van der Waals surface area contributed by atoms with Gasteiger partial charge in [0, 0.05) is 12.7 Å². The second kappa shape index (κ2) is 9.38. The Kier molecular flexibility index (Phi) is 6.41. The van der Waals surface area contributed by atoms with Gasteiger partial charge in [0.25, 0.3) is 5.91 Å². The Labute approximate surface area is 158 Å². The minimum Gasteiger partial charge on any atom is -0.494 e. The maximum atomic E-state index is 12.2. The summed E-state index contributed by atoms with van der Waals surface area (Å²) in [6.45, 7) is 3.07. The maximum absolute atomic E-state index is 12.2. The van der Waals surface area contributed by atoms with Crippen molar-refractivity contribution >= 4 is 5.91 Å². The van der Waals surface area contributed by atoms with Gasteiger partial charge in [0.2, 0.25) is 0 Å². The summed E-state index contributed by atoms with van der Waals surface area (Å²) in [6, 6.07) is 22.8. The molecule has 0 aliphatic carbocycles. The molecule has 2 aromatic carbocycles. The molecule has 0 bridgehead atoms. The molecule has 1 heterocycles. The minimum absolute atomic E-state index is 0.117. The summed E-state index contributed by atoms with van der Waals surface area (Å²) in [4.78, 5) is 16.4. The van der Waals surface area contributed by atoms with E-state index < -0.39 is 0 Å². The second-order valence-corrected chi connectivity index (χ2v) is 5.87. The highest BCUT2D eigenvalue weighted by atomic mass is 16.5. The van der Waals surface area contributed by atoms with E-state index in [-0.39, 0.29) is 12.5 Å². The van der Waals surface area contributed by atoms with E-state index in [4.69, 9.17) is 9.47 Å². The highest BCUT2D eigenvalue weighted by Gasteiger charge is 2.03. The molecule has 5 nitrogen and oxygen atoms in total. The highest BCUT2D eigenvalue weighted by molar-refractivity contribution is 5.78. The lowest BCUT2D eigenvalue weighted by atomic mass is 10.2. The first kappa shape index (κ1) is 18.5. The van der Waals surface area contributed by atoms with E-state index in [2.05, 4.69) is 4.99 Å². The van der Waals surface area contributed by atoms with Crippen LogP contribution >= 0.6 is 0 Å². The van der Waals surface area contributed by atoms with Gasteiger partial charge in [-0.15, -0.1) is 0 Å². The maximum Gasteiger partial charge on any atom is 0.285 e. The van der Waals surface area contributed by atoms with Crippen molar-refractivity contribution in [3.63, 3.8) is 0 Å². The van der Waals surface area contributed by atoms with Crippen LogP contribution in [0.1, 0.15) is 12.5 Å². The largest absolute Gasteiger partial charge is 0.494 e.